The summed E-state index contributed by atoms with van der Waals surface area (Å²) in [6.07, 6.45) is 1.75. The van der Waals surface area contributed by atoms with Crippen LogP contribution in [0.2, 0.25) is 0 Å². The standard InChI is InChI=1S/C29H24N2O5S/c1-3-36-28(34)24-25(19-7-5-4-6-8-19)30-29-31(26(24)20-11-15-22(35-2)16-12-20)27(33)23(37-29)17-18-9-13-21(32)14-10-18/h4-17,26,32H,3H2,1-2H3/b23-17-. The van der Waals surface area contributed by atoms with Crippen molar-refractivity contribution in [3.05, 3.63) is 121 Å². The summed E-state index contributed by atoms with van der Waals surface area (Å²) in [5.74, 6) is 0.275. The number of aromatic nitrogens is 1. The van der Waals surface area contributed by atoms with E-state index in [4.69, 9.17) is 14.5 Å². The fourth-order valence-corrected chi connectivity index (χ4v) is 5.26. The number of ether oxygens (including phenoxy) is 2. The zero-order valence-electron chi connectivity index (χ0n) is 20.3. The molecule has 0 amide bonds. The zero-order valence-corrected chi connectivity index (χ0v) is 21.1. The van der Waals surface area contributed by atoms with Crippen LogP contribution in [0.15, 0.2) is 94.2 Å². The fourth-order valence-electron chi connectivity index (χ4n) is 4.26. The van der Waals surface area contributed by atoms with Crippen LogP contribution in [0.25, 0.3) is 11.8 Å². The average Bonchev–Trinajstić information content (AvgIpc) is 3.24. The molecule has 1 aliphatic rings. The number of carbonyl (C=O) groups excluding carboxylic acids is 1. The summed E-state index contributed by atoms with van der Waals surface area (Å²) in [7, 11) is 1.58. The van der Waals surface area contributed by atoms with E-state index in [1.54, 1.807) is 61.1 Å². The first-order valence-electron chi connectivity index (χ1n) is 11.7. The minimum absolute atomic E-state index is 0.143. The van der Waals surface area contributed by atoms with Crippen LogP contribution in [-0.2, 0) is 9.53 Å². The first kappa shape index (κ1) is 24.3. The summed E-state index contributed by atoms with van der Waals surface area (Å²) in [4.78, 5) is 32.5. The minimum Gasteiger partial charge on any atom is -0.508 e. The van der Waals surface area contributed by atoms with Gasteiger partial charge in [0.2, 0.25) is 0 Å². The van der Waals surface area contributed by atoms with Crippen molar-refractivity contribution < 1.29 is 19.4 Å². The van der Waals surface area contributed by atoms with E-state index in [-0.39, 0.29) is 17.9 Å². The number of hydrogen-bond donors (Lipinski definition) is 1. The molecule has 0 fully saturated rings. The van der Waals surface area contributed by atoms with Gasteiger partial charge in [-0.1, -0.05) is 65.9 Å². The molecule has 0 radical (unpaired) electrons. The molecule has 0 bridgehead atoms. The molecule has 1 aromatic heterocycles. The molecule has 3 aromatic carbocycles. The van der Waals surface area contributed by atoms with Crippen LogP contribution in [0.5, 0.6) is 11.5 Å². The molecule has 0 spiro atoms. The third-order valence-corrected chi connectivity index (χ3v) is 6.98. The van der Waals surface area contributed by atoms with E-state index in [1.807, 2.05) is 42.5 Å². The van der Waals surface area contributed by atoms with Crippen molar-refractivity contribution in [2.24, 2.45) is 4.99 Å². The number of phenolic OH excluding ortho intramolecular Hbond substituents is 1. The summed E-state index contributed by atoms with van der Waals surface area (Å²) in [6.45, 7) is 1.93. The van der Waals surface area contributed by atoms with Crippen LogP contribution < -0.4 is 19.6 Å². The quantitative estimate of drug-likeness (QED) is 0.399. The number of fused-ring (bicyclic) bond motifs is 1. The topological polar surface area (TPSA) is 90.1 Å². The van der Waals surface area contributed by atoms with Crippen molar-refractivity contribution in [2.45, 2.75) is 13.0 Å². The van der Waals surface area contributed by atoms with Gasteiger partial charge in [0.15, 0.2) is 4.80 Å². The molecule has 37 heavy (non-hydrogen) atoms. The summed E-state index contributed by atoms with van der Waals surface area (Å²) in [6, 6.07) is 22.5. The van der Waals surface area contributed by atoms with Gasteiger partial charge in [0, 0.05) is 5.56 Å². The zero-order chi connectivity index (χ0) is 25.9. The third kappa shape index (κ3) is 4.71. The van der Waals surface area contributed by atoms with Crippen molar-refractivity contribution in [3.8, 4) is 11.5 Å². The Morgan fingerprint density at radius 1 is 1.05 bits per heavy atom. The number of rotatable bonds is 6. The molecule has 5 rings (SSSR count). The molecular weight excluding hydrogens is 488 g/mol. The van der Waals surface area contributed by atoms with E-state index >= 15 is 0 Å². The van der Waals surface area contributed by atoms with Gasteiger partial charge in [0.25, 0.3) is 5.56 Å². The number of phenols is 1. The highest BCUT2D eigenvalue weighted by atomic mass is 32.1. The number of methoxy groups -OCH3 is 1. The van der Waals surface area contributed by atoms with E-state index in [2.05, 4.69) is 0 Å². The molecule has 1 aliphatic heterocycles. The molecular formula is C29H24N2O5S. The van der Waals surface area contributed by atoms with Gasteiger partial charge in [-0.2, -0.15) is 0 Å². The number of esters is 1. The van der Waals surface area contributed by atoms with Crippen molar-refractivity contribution in [1.82, 2.24) is 4.57 Å². The minimum atomic E-state index is -0.751. The van der Waals surface area contributed by atoms with Crippen molar-refractivity contribution in [2.75, 3.05) is 13.7 Å². The summed E-state index contributed by atoms with van der Waals surface area (Å²) < 4.78 is 12.8. The second kappa shape index (κ2) is 10.3. The Labute approximate surface area is 216 Å². The molecule has 0 saturated heterocycles. The lowest BCUT2D eigenvalue weighted by Crippen LogP contribution is -2.40. The molecule has 186 valence electrons. The van der Waals surface area contributed by atoms with Crippen LogP contribution in [0.1, 0.15) is 29.7 Å². The second-order valence-corrected chi connectivity index (χ2v) is 9.31. The van der Waals surface area contributed by atoms with Crippen LogP contribution in [0, 0.1) is 0 Å². The largest absolute Gasteiger partial charge is 0.508 e. The highest BCUT2D eigenvalue weighted by Gasteiger charge is 2.35. The number of nitrogens with zero attached hydrogens (tertiary/aromatic N) is 2. The Balaban J connectivity index is 1.81. The van der Waals surface area contributed by atoms with E-state index in [0.717, 1.165) is 16.7 Å². The number of benzene rings is 3. The van der Waals surface area contributed by atoms with Gasteiger partial charge in [-0.05, 0) is 48.4 Å². The lowest BCUT2D eigenvalue weighted by Gasteiger charge is -2.26. The Hall–Kier alpha value is -4.43. The van der Waals surface area contributed by atoms with Gasteiger partial charge in [0.05, 0.1) is 35.6 Å². The van der Waals surface area contributed by atoms with Crippen molar-refractivity contribution in [1.29, 1.82) is 0 Å². The third-order valence-electron chi connectivity index (χ3n) is 6.00. The molecule has 2 heterocycles. The average molecular weight is 513 g/mol. The van der Waals surface area contributed by atoms with Crippen LogP contribution in [0.4, 0.5) is 0 Å². The van der Waals surface area contributed by atoms with Gasteiger partial charge in [-0.3, -0.25) is 9.36 Å². The monoisotopic (exact) mass is 512 g/mol. The maximum absolute atomic E-state index is 13.8. The Morgan fingerprint density at radius 2 is 1.76 bits per heavy atom. The first-order valence-corrected chi connectivity index (χ1v) is 12.5. The van der Waals surface area contributed by atoms with Gasteiger partial charge in [0.1, 0.15) is 11.5 Å². The van der Waals surface area contributed by atoms with Crippen LogP contribution >= 0.6 is 11.3 Å². The van der Waals surface area contributed by atoms with Gasteiger partial charge < -0.3 is 14.6 Å². The van der Waals surface area contributed by atoms with Crippen molar-refractivity contribution >= 4 is 29.1 Å². The van der Waals surface area contributed by atoms with Gasteiger partial charge in [-0.25, -0.2) is 9.79 Å². The predicted molar refractivity (Wildman–Crippen MR) is 142 cm³/mol. The van der Waals surface area contributed by atoms with E-state index < -0.39 is 12.0 Å². The second-order valence-electron chi connectivity index (χ2n) is 8.30. The van der Waals surface area contributed by atoms with Crippen LogP contribution in [0.3, 0.4) is 0 Å². The SMILES string of the molecule is CCOC(=O)C1=C(c2ccccc2)N=c2s/c(=C\c3ccc(O)cc3)c(=O)n2C1c1ccc(OC)cc1. The Morgan fingerprint density at radius 3 is 2.41 bits per heavy atom. The number of hydrogen-bond acceptors (Lipinski definition) is 7. The smallest absolute Gasteiger partial charge is 0.338 e. The predicted octanol–water partition coefficient (Wildman–Crippen LogP) is 3.65. The van der Waals surface area contributed by atoms with Crippen LogP contribution in [-0.4, -0.2) is 29.4 Å². The fraction of sp³-hybridized carbons (Fsp3) is 0.138. The molecule has 4 aromatic rings. The maximum Gasteiger partial charge on any atom is 0.338 e. The Kier molecular flexibility index (Phi) is 6.74. The number of thiazole rings is 1. The van der Waals surface area contributed by atoms with Gasteiger partial charge >= 0.3 is 5.97 Å². The normalized spacial score (nSPS) is 15.2. The molecule has 8 heteroatoms. The van der Waals surface area contributed by atoms with E-state index in [0.29, 0.717) is 26.4 Å². The van der Waals surface area contributed by atoms with Crippen molar-refractivity contribution in [3.63, 3.8) is 0 Å². The molecule has 1 N–H and O–H groups in total. The molecule has 0 aliphatic carbocycles. The number of aromatic hydroxyl groups is 1. The summed E-state index contributed by atoms with van der Waals surface area (Å²) in [5.41, 5.74) is 2.73. The molecule has 0 saturated carbocycles. The number of carbonyl (C=O) groups is 1. The molecule has 1 atom stereocenters. The lowest BCUT2D eigenvalue weighted by atomic mass is 9.93. The Bertz CT molecular complexity index is 1650. The molecule has 7 nitrogen and oxygen atoms in total. The summed E-state index contributed by atoms with van der Waals surface area (Å²) in [5, 5.41) is 9.62. The highest BCUT2D eigenvalue weighted by Crippen LogP contribution is 2.35. The van der Waals surface area contributed by atoms with Gasteiger partial charge in [-0.15, -0.1) is 0 Å². The van der Waals surface area contributed by atoms with E-state index in [9.17, 15) is 14.7 Å². The first-order chi connectivity index (χ1) is 18.0. The maximum atomic E-state index is 13.8. The highest BCUT2D eigenvalue weighted by molar-refractivity contribution is 7.07. The summed E-state index contributed by atoms with van der Waals surface area (Å²) >= 11 is 1.25. The lowest BCUT2D eigenvalue weighted by molar-refractivity contribution is -0.138. The van der Waals surface area contributed by atoms with E-state index in [1.165, 1.54) is 11.3 Å². The molecule has 1 unspecified atom stereocenters.